The number of ether oxygens (including phenoxy) is 3. The van der Waals surface area contributed by atoms with Crippen molar-refractivity contribution in [3.05, 3.63) is 35.9 Å². The van der Waals surface area contributed by atoms with E-state index in [0.29, 0.717) is 13.0 Å². The topological polar surface area (TPSA) is 47.9 Å². The van der Waals surface area contributed by atoms with Crippen LogP contribution in [0.25, 0.3) is 0 Å². The molecule has 1 heterocycles. The Kier molecular flexibility index (Phi) is 5.13. The van der Waals surface area contributed by atoms with E-state index in [0.717, 1.165) is 12.0 Å². The maximum atomic E-state index is 9.31. The Morgan fingerprint density at radius 2 is 2.06 bits per heavy atom. The molecule has 0 aliphatic carbocycles. The summed E-state index contributed by atoms with van der Waals surface area (Å²) in [6, 6.07) is 9.98. The van der Waals surface area contributed by atoms with Crippen molar-refractivity contribution in [3.63, 3.8) is 0 Å². The lowest BCUT2D eigenvalue weighted by Gasteiger charge is -2.31. The normalized spacial score (nSPS) is 28.2. The minimum absolute atomic E-state index is 0.00386. The van der Waals surface area contributed by atoms with Crippen molar-refractivity contribution in [2.45, 2.75) is 44.9 Å². The fourth-order valence-corrected chi connectivity index (χ4v) is 2.03. The average molecular weight is 252 g/mol. The van der Waals surface area contributed by atoms with E-state index < -0.39 is 6.29 Å². The highest BCUT2D eigenvalue weighted by Gasteiger charge is 2.27. The van der Waals surface area contributed by atoms with Crippen molar-refractivity contribution in [1.29, 1.82) is 0 Å². The fourth-order valence-electron chi connectivity index (χ4n) is 2.03. The summed E-state index contributed by atoms with van der Waals surface area (Å²) >= 11 is 0. The standard InChI is InChI=1S/C14H20O4/c1-11-13(7-8-14(15)18-11)17-10-16-9-12-5-3-2-4-6-12/h2-6,11,13-15H,7-10H2,1H3/t11-,13+,14?/m0/s1. The monoisotopic (exact) mass is 252 g/mol. The van der Waals surface area contributed by atoms with Gasteiger partial charge >= 0.3 is 0 Å². The summed E-state index contributed by atoms with van der Waals surface area (Å²) in [5.74, 6) is 0. The van der Waals surface area contributed by atoms with Crippen LogP contribution in [0, 0.1) is 0 Å². The minimum Gasteiger partial charge on any atom is -0.368 e. The van der Waals surface area contributed by atoms with Crippen LogP contribution in [0.1, 0.15) is 25.3 Å². The molecule has 1 fully saturated rings. The van der Waals surface area contributed by atoms with Crippen LogP contribution in [0.5, 0.6) is 0 Å². The van der Waals surface area contributed by atoms with Crippen molar-refractivity contribution in [3.8, 4) is 0 Å². The zero-order valence-corrected chi connectivity index (χ0v) is 10.6. The van der Waals surface area contributed by atoms with Gasteiger partial charge in [-0.15, -0.1) is 0 Å². The van der Waals surface area contributed by atoms with Crippen molar-refractivity contribution in [2.75, 3.05) is 6.79 Å². The fraction of sp³-hybridized carbons (Fsp3) is 0.571. The van der Waals surface area contributed by atoms with Gasteiger partial charge in [0.2, 0.25) is 0 Å². The van der Waals surface area contributed by atoms with Crippen LogP contribution in [-0.2, 0) is 20.8 Å². The lowest BCUT2D eigenvalue weighted by molar-refractivity contribution is -0.221. The molecule has 3 atom stereocenters. The molecule has 100 valence electrons. The summed E-state index contributed by atoms with van der Waals surface area (Å²) in [7, 11) is 0. The SMILES string of the molecule is C[C@@H]1OC(O)CC[C@H]1OCOCc1ccccc1. The Bertz CT molecular complexity index is 341. The van der Waals surface area contributed by atoms with Crippen LogP contribution >= 0.6 is 0 Å². The molecule has 1 aliphatic rings. The Hall–Kier alpha value is -0.940. The average Bonchev–Trinajstić information content (AvgIpc) is 2.38. The molecular formula is C14H20O4. The van der Waals surface area contributed by atoms with Gasteiger partial charge in [0.15, 0.2) is 6.29 Å². The summed E-state index contributed by atoms with van der Waals surface area (Å²) < 4.78 is 16.4. The molecule has 0 spiro atoms. The molecule has 1 aliphatic heterocycles. The first-order valence-electron chi connectivity index (χ1n) is 6.32. The Morgan fingerprint density at radius 1 is 1.28 bits per heavy atom. The third-order valence-corrected chi connectivity index (χ3v) is 3.07. The molecule has 1 aromatic carbocycles. The van der Waals surface area contributed by atoms with Crippen molar-refractivity contribution >= 4 is 0 Å². The summed E-state index contributed by atoms with van der Waals surface area (Å²) in [6.07, 6.45) is 0.688. The van der Waals surface area contributed by atoms with Crippen molar-refractivity contribution in [1.82, 2.24) is 0 Å². The van der Waals surface area contributed by atoms with Gasteiger partial charge in [0.1, 0.15) is 6.79 Å². The number of benzene rings is 1. The van der Waals surface area contributed by atoms with E-state index in [1.807, 2.05) is 37.3 Å². The second-order valence-corrected chi connectivity index (χ2v) is 4.53. The molecule has 0 saturated carbocycles. The van der Waals surface area contributed by atoms with E-state index in [9.17, 15) is 5.11 Å². The largest absolute Gasteiger partial charge is 0.368 e. The lowest BCUT2D eigenvalue weighted by atomic mass is 10.1. The zero-order chi connectivity index (χ0) is 12.8. The number of aliphatic hydroxyl groups excluding tert-OH is 1. The van der Waals surface area contributed by atoms with E-state index in [1.54, 1.807) is 0 Å². The van der Waals surface area contributed by atoms with Gasteiger partial charge in [-0.25, -0.2) is 0 Å². The van der Waals surface area contributed by atoms with E-state index in [1.165, 1.54) is 0 Å². The molecule has 1 unspecified atom stereocenters. The van der Waals surface area contributed by atoms with Gasteiger partial charge in [-0.2, -0.15) is 0 Å². The van der Waals surface area contributed by atoms with Gasteiger partial charge in [-0.1, -0.05) is 30.3 Å². The Morgan fingerprint density at radius 3 is 2.78 bits per heavy atom. The quantitative estimate of drug-likeness (QED) is 0.643. The molecule has 0 amide bonds. The molecule has 4 nitrogen and oxygen atoms in total. The summed E-state index contributed by atoms with van der Waals surface area (Å²) in [5, 5.41) is 9.31. The van der Waals surface area contributed by atoms with Gasteiger partial charge in [-0.3, -0.25) is 0 Å². The lowest BCUT2D eigenvalue weighted by Crippen LogP contribution is -2.38. The summed E-state index contributed by atoms with van der Waals surface area (Å²) in [6.45, 7) is 2.71. The van der Waals surface area contributed by atoms with Crippen LogP contribution in [0.3, 0.4) is 0 Å². The number of hydrogen-bond acceptors (Lipinski definition) is 4. The van der Waals surface area contributed by atoms with Gasteiger partial charge in [0, 0.05) is 6.42 Å². The molecule has 0 radical (unpaired) electrons. The van der Waals surface area contributed by atoms with Crippen LogP contribution < -0.4 is 0 Å². The predicted octanol–water partition coefficient (Wildman–Crippen LogP) is 2.06. The zero-order valence-electron chi connectivity index (χ0n) is 10.6. The first-order valence-corrected chi connectivity index (χ1v) is 6.32. The molecule has 0 aromatic heterocycles. The third kappa shape index (κ3) is 4.07. The maximum absolute atomic E-state index is 9.31. The third-order valence-electron chi connectivity index (χ3n) is 3.07. The molecule has 1 N–H and O–H groups in total. The number of aliphatic hydroxyl groups is 1. The van der Waals surface area contributed by atoms with Crippen LogP contribution in [0.2, 0.25) is 0 Å². The molecule has 0 bridgehead atoms. The van der Waals surface area contributed by atoms with Gasteiger partial charge in [0.05, 0.1) is 18.8 Å². The van der Waals surface area contributed by atoms with Crippen molar-refractivity contribution in [2.24, 2.45) is 0 Å². The molecular weight excluding hydrogens is 232 g/mol. The summed E-state index contributed by atoms with van der Waals surface area (Å²) in [4.78, 5) is 0. The van der Waals surface area contributed by atoms with E-state index in [2.05, 4.69) is 0 Å². The molecule has 2 rings (SSSR count). The second-order valence-electron chi connectivity index (χ2n) is 4.53. The highest BCUT2D eigenvalue weighted by atomic mass is 16.7. The minimum atomic E-state index is -0.648. The van der Waals surface area contributed by atoms with Gasteiger partial charge in [0.25, 0.3) is 0 Å². The van der Waals surface area contributed by atoms with Gasteiger partial charge in [-0.05, 0) is 18.9 Å². The summed E-state index contributed by atoms with van der Waals surface area (Å²) in [5.41, 5.74) is 1.13. The molecule has 1 saturated heterocycles. The van der Waals surface area contributed by atoms with Crippen LogP contribution in [0.4, 0.5) is 0 Å². The number of hydrogen-bond donors (Lipinski definition) is 1. The van der Waals surface area contributed by atoms with Gasteiger partial charge < -0.3 is 19.3 Å². The maximum Gasteiger partial charge on any atom is 0.155 e. The van der Waals surface area contributed by atoms with Crippen molar-refractivity contribution < 1.29 is 19.3 Å². The second kappa shape index (κ2) is 6.85. The Labute approximate surface area is 107 Å². The van der Waals surface area contributed by atoms with E-state index in [4.69, 9.17) is 14.2 Å². The van der Waals surface area contributed by atoms with Crippen LogP contribution in [-0.4, -0.2) is 30.4 Å². The predicted molar refractivity (Wildman–Crippen MR) is 66.8 cm³/mol. The smallest absolute Gasteiger partial charge is 0.155 e. The van der Waals surface area contributed by atoms with E-state index in [-0.39, 0.29) is 19.0 Å². The highest BCUT2D eigenvalue weighted by Crippen LogP contribution is 2.20. The first-order chi connectivity index (χ1) is 8.75. The highest BCUT2D eigenvalue weighted by molar-refractivity contribution is 5.13. The first kappa shape index (κ1) is 13.5. The molecule has 4 heteroatoms. The Balaban J connectivity index is 1.64. The van der Waals surface area contributed by atoms with Crippen LogP contribution in [0.15, 0.2) is 30.3 Å². The van der Waals surface area contributed by atoms with E-state index >= 15 is 0 Å². The molecule has 18 heavy (non-hydrogen) atoms. The molecule has 1 aromatic rings. The number of rotatable bonds is 5.